The standard InChI is InChI=1S/C16H13ClN2OS/c1-20-13-4-2-3-11(9-13)15-18-14(16(21)19-15)10-5-7-12(17)8-6-10/h2-9,21H,1H3,(H,18,19). The van der Waals surface area contributed by atoms with Crippen LogP contribution < -0.4 is 4.74 Å². The van der Waals surface area contributed by atoms with Crippen LogP contribution in [0.4, 0.5) is 0 Å². The van der Waals surface area contributed by atoms with E-state index < -0.39 is 0 Å². The SMILES string of the molecule is COc1cccc(-c2nc(S)c(-c3ccc(Cl)cc3)[nH]2)c1. The van der Waals surface area contributed by atoms with Gasteiger partial charge in [0.05, 0.1) is 12.8 Å². The average molecular weight is 317 g/mol. The van der Waals surface area contributed by atoms with Crippen LogP contribution in [0.15, 0.2) is 53.6 Å². The molecule has 3 rings (SSSR count). The number of hydrogen-bond acceptors (Lipinski definition) is 3. The van der Waals surface area contributed by atoms with Crippen LogP contribution in [0.2, 0.25) is 5.02 Å². The monoisotopic (exact) mass is 316 g/mol. The summed E-state index contributed by atoms with van der Waals surface area (Å²) in [6, 6.07) is 15.3. The molecule has 0 saturated heterocycles. The highest BCUT2D eigenvalue weighted by Gasteiger charge is 2.11. The van der Waals surface area contributed by atoms with Crippen molar-refractivity contribution in [2.24, 2.45) is 0 Å². The number of benzene rings is 2. The van der Waals surface area contributed by atoms with Gasteiger partial charge in [0.1, 0.15) is 16.6 Å². The van der Waals surface area contributed by atoms with E-state index >= 15 is 0 Å². The Morgan fingerprint density at radius 1 is 1.10 bits per heavy atom. The summed E-state index contributed by atoms with van der Waals surface area (Å²) in [5.74, 6) is 1.54. The van der Waals surface area contributed by atoms with E-state index in [1.165, 1.54) is 0 Å². The first kappa shape index (κ1) is 14.0. The Balaban J connectivity index is 2.02. The summed E-state index contributed by atoms with van der Waals surface area (Å²) in [5.41, 5.74) is 2.81. The first-order valence-electron chi connectivity index (χ1n) is 6.36. The minimum Gasteiger partial charge on any atom is -0.497 e. The number of methoxy groups -OCH3 is 1. The van der Waals surface area contributed by atoms with Gasteiger partial charge in [0.2, 0.25) is 0 Å². The Morgan fingerprint density at radius 2 is 1.86 bits per heavy atom. The van der Waals surface area contributed by atoms with E-state index in [1.54, 1.807) is 7.11 Å². The second-order valence-electron chi connectivity index (χ2n) is 4.52. The quantitative estimate of drug-likeness (QED) is 0.688. The number of nitrogens with one attached hydrogen (secondary N) is 1. The number of hydrogen-bond donors (Lipinski definition) is 2. The molecule has 0 unspecified atom stereocenters. The third-order valence-electron chi connectivity index (χ3n) is 3.16. The molecule has 0 radical (unpaired) electrons. The molecular weight excluding hydrogens is 304 g/mol. The molecule has 1 N–H and O–H groups in total. The number of ether oxygens (including phenoxy) is 1. The number of halogens is 1. The summed E-state index contributed by atoms with van der Waals surface area (Å²) in [5, 5.41) is 1.35. The maximum atomic E-state index is 5.91. The van der Waals surface area contributed by atoms with Crippen molar-refractivity contribution in [1.82, 2.24) is 9.97 Å². The highest BCUT2D eigenvalue weighted by atomic mass is 35.5. The molecule has 0 bridgehead atoms. The molecule has 0 aliphatic heterocycles. The van der Waals surface area contributed by atoms with Crippen LogP contribution in [0, 0.1) is 0 Å². The molecule has 3 aromatic rings. The third kappa shape index (κ3) is 2.91. The van der Waals surface area contributed by atoms with Gasteiger partial charge in [0.25, 0.3) is 0 Å². The Labute approximate surface area is 133 Å². The molecule has 0 amide bonds. The molecule has 0 aliphatic rings. The molecule has 106 valence electrons. The smallest absolute Gasteiger partial charge is 0.139 e. The number of aromatic nitrogens is 2. The topological polar surface area (TPSA) is 37.9 Å². The fourth-order valence-corrected chi connectivity index (χ4v) is 2.50. The molecule has 1 heterocycles. The minimum absolute atomic E-state index is 0.648. The number of thiol groups is 1. The lowest BCUT2D eigenvalue weighted by Gasteiger charge is -2.02. The Morgan fingerprint density at radius 3 is 2.57 bits per heavy atom. The van der Waals surface area contributed by atoms with Crippen LogP contribution in [0.25, 0.3) is 22.6 Å². The van der Waals surface area contributed by atoms with Crippen molar-refractivity contribution in [3.05, 3.63) is 53.6 Å². The van der Waals surface area contributed by atoms with Crippen molar-refractivity contribution < 1.29 is 4.74 Å². The molecular formula is C16H13ClN2OS. The molecule has 1 aromatic heterocycles. The van der Waals surface area contributed by atoms with Crippen LogP contribution in [0.3, 0.4) is 0 Å². The number of imidazole rings is 1. The van der Waals surface area contributed by atoms with Crippen molar-refractivity contribution in [2.45, 2.75) is 5.03 Å². The van der Waals surface area contributed by atoms with E-state index in [0.717, 1.165) is 28.4 Å². The molecule has 2 aromatic carbocycles. The maximum Gasteiger partial charge on any atom is 0.139 e. The van der Waals surface area contributed by atoms with Gasteiger partial charge >= 0.3 is 0 Å². The van der Waals surface area contributed by atoms with Crippen LogP contribution in [-0.4, -0.2) is 17.1 Å². The van der Waals surface area contributed by atoms with Crippen molar-refractivity contribution in [3.8, 4) is 28.4 Å². The summed E-state index contributed by atoms with van der Waals surface area (Å²) < 4.78 is 5.24. The summed E-state index contributed by atoms with van der Waals surface area (Å²) in [6.45, 7) is 0. The van der Waals surface area contributed by atoms with E-state index in [1.807, 2.05) is 48.5 Å². The molecule has 0 fully saturated rings. The second-order valence-corrected chi connectivity index (χ2v) is 5.38. The summed E-state index contributed by atoms with van der Waals surface area (Å²) in [4.78, 5) is 7.77. The molecule has 0 aliphatic carbocycles. The van der Waals surface area contributed by atoms with Crippen LogP contribution in [-0.2, 0) is 0 Å². The van der Waals surface area contributed by atoms with Gasteiger partial charge in [-0.2, -0.15) is 0 Å². The first-order valence-corrected chi connectivity index (χ1v) is 7.19. The van der Waals surface area contributed by atoms with E-state index in [4.69, 9.17) is 16.3 Å². The number of nitrogens with zero attached hydrogens (tertiary/aromatic N) is 1. The van der Waals surface area contributed by atoms with Gasteiger partial charge in [-0.15, -0.1) is 12.6 Å². The Bertz CT molecular complexity index is 768. The molecule has 0 saturated carbocycles. The van der Waals surface area contributed by atoms with Gasteiger partial charge in [0, 0.05) is 16.1 Å². The van der Waals surface area contributed by atoms with E-state index in [0.29, 0.717) is 10.0 Å². The lowest BCUT2D eigenvalue weighted by molar-refractivity contribution is 0.415. The molecule has 21 heavy (non-hydrogen) atoms. The van der Waals surface area contributed by atoms with E-state index in [9.17, 15) is 0 Å². The summed E-state index contributed by atoms with van der Waals surface area (Å²) >= 11 is 10.4. The average Bonchev–Trinajstić information content (AvgIpc) is 2.90. The van der Waals surface area contributed by atoms with Crippen molar-refractivity contribution in [2.75, 3.05) is 7.11 Å². The fraction of sp³-hybridized carbons (Fsp3) is 0.0625. The minimum atomic E-state index is 0.648. The predicted octanol–water partition coefficient (Wildman–Crippen LogP) is 4.69. The van der Waals surface area contributed by atoms with Crippen molar-refractivity contribution in [1.29, 1.82) is 0 Å². The largest absolute Gasteiger partial charge is 0.497 e. The zero-order valence-electron chi connectivity index (χ0n) is 11.3. The molecule has 0 atom stereocenters. The van der Waals surface area contributed by atoms with Gasteiger partial charge in [-0.25, -0.2) is 4.98 Å². The van der Waals surface area contributed by atoms with Crippen molar-refractivity contribution >= 4 is 24.2 Å². The van der Waals surface area contributed by atoms with Crippen LogP contribution in [0.5, 0.6) is 5.75 Å². The first-order chi connectivity index (χ1) is 10.2. The Hall–Kier alpha value is -1.91. The summed E-state index contributed by atoms with van der Waals surface area (Å²) in [6.07, 6.45) is 0. The van der Waals surface area contributed by atoms with Crippen molar-refractivity contribution in [3.63, 3.8) is 0 Å². The highest BCUT2D eigenvalue weighted by Crippen LogP contribution is 2.30. The normalized spacial score (nSPS) is 10.6. The van der Waals surface area contributed by atoms with Crippen LogP contribution in [0.1, 0.15) is 0 Å². The van der Waals surface area contributed by atoms with Crippen LogP contribution >= 0.6 is 24.2 Å². The molecule has 0 spiro atoms. The van der Waals surface area contributed by atoms with Gasteiger partial charge < -0.3 is 9.72 Å². The van der Waals surface area contributed by atoms with Gasteiger partial charge in [-0.3, -0.25) is 0 Å². The second kappa shape index (κ2) is 5.84. The summed E-state index contributed by atoms with van der Waals surface area (Å²) in [7, 11) is 1.64. The highest BCUT2D eigenvalue weighted by molar-refractivity contribution is 7.80. The fourth-order valence-electron chi connectivity index (χ4n) is 2.09. The zero-order valence-corrected chi connectivity index (χ0v) is 12.9. The maximum absolute atomic E-state index is 5.91. The van der Waals surface area contributed by atoms with E-state index in [-0.39, 0.29) is 0 Å². The number of aromatic amines is 1. The molecule has 3 nitrogen and oxygen atoms in total. The van der Waals surface area contributed by atoms with E-state index in [2.05, 4.69) is 22.6 Å². The van der Waals surface area contributed by atoms with Gasteiger partial charge in [-0.05, 0) is 24.3 Å². The predicted molar refractivity (Wildman–Crippen MR) is 88.3 cm³/mol. The Kier molecular flexibility index (Phi) is 3.90. The third-order valence-corrected chi connectivity index (χ3v) is 3.74. The molecule has 5 heteroatoms. The van der Waals surface area contributed by atoms with Gasteiger partial charge in [-0.1, -0.05) is 35.9 Å². The number of H-pyrrole nitrogens is 1. The lowest BCUT2D eigenvalue weighted by atomic mass is 10.2. The lowest BCUT2D eigenvalue weighted by Crippen LogP contribution is -1.85. The van der Waals surface area contributed by atoms with Gasteiger partial charge in [0.15, 0.2) is 0 Å². The number of rotatable bonds is 3. The zero-order chi connectivity index (χ0) is 14.8.